The lowest BCUT2D eigenvalue weighted by atomic mass is 10.1. The van der Waals surface area contributed by atoms with E-state index < -0.39 is 0 Å². The van der Waals surface area contributed by atoms with Crippen LogP contribution in [0.5, 0.6) is 0 Å². The summed E-state index contributed by atoms with van der Waals surface area (Å²) in [5, 5.41) is 6.86. The van der Waals surface area contributed by atoms with Crippen molar-refractivity contribution in [3.8, 4) is 0 Å². The highest BCUT2D eigenvalue weighted by Gasteiger charge is 2.17. The van der Waals surface area contributed by atoms with E-state index in [1.807, 2.05) is 24.3 Å². The second kappa shape index (κ2) is 8.00. The molecule has 0 atom stereocenters. The van der Waals surface area contributed by atoms with Gasteiger partial charge in [-0.25, -0.2) is 4.98 Å². The maximum atomic E-state index is 5.51. The lowest BCUT2D eigenvalue weighted by Gasteiger charge is -2.29. The van der Waals surface area contributed by atoms with Crippen molar-refractivity contribution in [2.24, 2.45) is 0 Å². The zero-order valence-corrected chi connectivity index (χ0v) is 16.1. The molecule has 1 saturated heterocycles. The van der Waals surface area contributed by atoms with Crippen LogP contribution in [0.15, 0.2) is 66.7 Å². The Morgan fingerprint density at radius 2 is 1.50 bits per heavy atom. The van der Waals surface area contributed by atoms with Crippen molar-refractivity contribution < 1.29 is 17.1 Å². The van der Waals surface area contributed by atoms with E-state index >= 15 is 0 Å². The summed E-state index contributed by atoms with van der Waals surface area (Å²) in [6.07, 6.45) is 0. The van der Waals surface area contributed by atoms with Crippen LogP contribution in [0.4, 0.5) is 17.5 Å². The Labute approximate surface area is 169 Å². The lowest BCUT2D eigenvalue weighted by Crippen LogP contribution is -3.00. The zero-order valence-electron chi connectivity index (χ0n) is 15.3. The summed E-state index contributed by atoms with van der Waals surface area (Å²) in [7, 11) is 0. The lowest BCUT2D eigenvalue weighted by molar-refractivity contribution is -0.00000612. The topological polar surface area (TPSA) is 50.3 Å². The summed E-state index contributed by atoms with van der Waals surface area (Å²) in [5.74, 6) is 1.58. The van der Waals surface area contributed by atoms with Gasteiger partial charge >= 0.3 is 0 Å². The Morgan fingerprint density at radius 1 is 0.786 bits per heavy atom. The largest absolute Gasteiger partial charge is 1.00 e. The molecule has 0 saturated carbocycles. The number of fused-ring (bicyclic) bond motifs is 2. The molecule has 3 aromatic carbocycles. The van der Waals surface area contributed by atoms with Gasteiger partial charge in [-0.3, -0.25) is 0 Å². The van der Waals surface area contributed by atoms with Gasteiger partial charge in [-0.05, 0) is 23.6 Å². The van der Waals surface area contributed by atoms with Crippen molar-refractivity contribution in [2.45, 2.75) is 0 Å². The molecule has 0 unspecified atom stereocenters. The molecule has 1 aromatic heterocycles. The number of halogens is 1. The van der Waals surface area contributed by atoms with Crippen LogP contribution >= 0.6 is 0 Å². The van der Waals surface area contributed by atoms with Crippen molar-refractivity contribution in [3.63, 3.8) is 0 Å². The number of nitrogens with zero attached hydrogens (tertiary/aromatic N) is 3. The number of para-hydroxylation sites is 1. The number of hydrogen-bond acceptors (Lipinski definition) is 5. The summed E-state index contributed by atoms with van der Waals surface area (Å²) in [6.45, 7) is 3.14. The Hall–Kier alpha value is -2.89. The molecule has 1 aliphatic rings. The van der Waals surface area contributed by atoms with Gasteiger partial charge in [0.2, 0.25) is 5.95 Å². The highest BCUT2D eigenvalue weighted by molar-refractivity contribution is 5.96. The smallest absolute Gasteiger partial charge is 0.229 e. The molecule has 0 radical (unpaired) electrons. The molecule has 2 heterocycles. The standard InChI is InChI=1S/C22H20N4O.ClH/c1-2-8-17-16(6-1)7-5-11-19(17)23-22-24-20-10-4-3-9-18(20)21(25-22)26-12-14-27-15-13-26;/h1-11H,12-15H2,(H,23,24,25);1H/p-1. The van der Waals surface area contributed by atoms with Gasteiger partial charge in [0.1, 0.15) is 5.82 Å². The van der Waals surface area contributed by atoms with Crippen molar-refractivity contribution in [1.82, 2.24) is 9.97 Å². The van der Waals surface area contributed by atoms with Crippen LogP contribution in [0.3, 0.4) is 0 Å². The molecule has 4 aromatic rings. The third kappa shape index (κ3) is 3.46. The fraction of sp³-hybridized carbons (Fsp3) is 0.182. The number of benzene rings is 3. The van der Waals surface area contributed by atoms with Gasteiger partial charge in [0.05, 0.1) is 18.7 Å². The van der Waals surface area contributed by atoms with Crippen molar-refractivity contribution >= 4 is 39.1 Å². The number of aromatic nitrogens is 2. The Bertz CT molecular complexity index is 1110. The molecule has 1 fully saturated rings. The number of rotatable bonds is 3. The average Bonchev–Trinajstić information content (AvgIpc) is 2.74. The van der Waals surface area contributed by atoms with Crippen LogP contribution in [0.2, 0.25) is 0 Å². The Morgan fingerprint density at radius 3 is 2.36 bits per heavy atom. The molecule has 0 aliphatic carbocycles. The summed E-state index contributed by atoms with van der Waals surface area (Å²) in [6, 6.07) is 22.7. The van der Waals surface area contributed by atoms with Crippen LogP contribution in [-0.2, 0) is 4.74 Å². The number of morpholine rings is 1. The molecule has 1 N–H and O–H groups in total. The second-order valence-electron chi connectivity index (χ2n) is 6.64. The minimum atomic E-state index is 0. The van der Waals surface area contributed by atoms with E-state index in [1.54, 1.807) is 0 Å². The van der Waals surface area contributed by atoms with Crippen LogP contribution < -0.4 is 22.6 Å². The van der Waals surface area contributed by atoms with Gasteiger partial charge < -0.3 is 27.4 Å². The van der Waals surface area contributed by atoms with Crippen LogP contribution in [0.1, 0.15) is 0 Å². The number of nitrogens with one attached hydrogen (secondary N) is 1. The third-order valence-corrected chi connectivity index (χ3v) is 4.93. The van der Waals surface area contributed by atoms with E-state index in [0.29, 0.717) is 5.95 Å². The van der Waals surface area contributed by atoms with E-state index in [4.69, 9.17) is 14.7 Å². The predicted molar refractivity (Wildman–Crippen MR) is 110 cm³/mol. The average molecular weight is 392 g/mol. The first-order valence-electron chi connectivity index (χ1n) is 9.23. The van der Waals surface area contributed by atoms with Crippen molar-refractivity contribution in [1.29, 1.82) is 0 Å². The molecular formula is C22H20ClN4O-. The minimum Gasteiger partial charge on any atom is -1.00 e. The maximum absolute atomic E-state index is 5.51. The Kier molecular flexibility index (Phi) is 5.28. The van der Waals surface area contributed by atoms with E-state index in [-0.39, 0.29) is 12.4 Å². The predicted octanol–water partition coefficient (Wildman–Crippen LogP) is 1.37. The zero-order chi connectivity index (χ0) is 18.1. The van der Waals surface area contributed by atoms with Crippen molar-refractivity contribution in [2.75, 3.05) is 36.5 Å². The molecule has 0 bridgehead atoms. The fourth-order valence-electron chi connectivity index (χ4n) is 3.59. The van der Waals surface area contributed by atoms with E-state index in [9.17, 15) is 0 Å². The van der Waals surface area contributed by atoms with Gasteiger partial charge in [0, 0.05) is 29.5 Å². The van der Waals surface area contributed by atoms with Gasteiger partial charge in [0.25, 0.3) is 0 Å². The summed E-state index contributed by atoms with van der Waals surface area (Å²) in [5.41, 5.74) is 1.95. The minimum absolute atomic E-state index is 0. The highest BCUT2D eigenvalue weighted by atomic mass is 35.5. The number of ether oxygens (including phenoxy) is 1. The van der Waals surface area contributed by atoms with Crippen LogP contribution in [0, 0.1) is 0 Å². The van der Waals surface area contributed by atoms with Crippen molar-refractivity contribution in [3.05, 3.63) is 66.7 Å². The Balaban J connectivity index is 0.00000192. The number of anilines is 3. The normalized spacial score (nSPS) is 14.1. The molecule has 0 spiro atoms. The van der Waals surface area contributed by atoms with E-state index in [1.165, 1.54) is 5.39 Å². The highest BCUT2D eigenvalue weighted by Crippen LogP contribution is 2.29. The van der Waals surface area contributed by atoms with Crippen LogP contribution in [0.25, 0.3) is 21.7 Å². The molecule has 6 heteroatoms. The van der Waals surface area contributed by atoms with Gasteiger partial charge in [-0.15, -0.1) is 0 Å². The quantitative estimate of drug-likeness (QED) is 0.571. The monoisotopic (exact) mass is 391 g/mol. The second-order valence-corrected chi connectivity index (χ2v) is 6.64. The van der Waals surface area contributed by atoms with Crippen LogP contribution in [-0.4, -0.2) is 36.3 Å². The summed E-state index contributed by atoms with van der Waals surface area (Å²) < 4.78 is 5.51. The third-order valence-electron chi connectivity index (χ3n) is 4.93. The molecule has 0 amide bonds. The first-order valence-corrected chi connectivity index (χ1v) is 9.23. The molecular weight excluding hydrogens is 372 g/mol. The fourth-order valence-corrected chi connectivity index (χ4v) is 3.59. The van der Waals surface area contributed by atoms with Gasteiger partial charge in [0.15, 0.2) is 0 Å². The maximum Gasteiger partial charge on any atom is 0.229 e. The SMILES string of the molecule is [Cl-].c1ccc2c(Nc3nc(N4CCOCC4)c4ccccc4n3)cccc2c1. The summed E-state index contributed by atoms with van der Waals surface area (Å²) >= 11 is 0. The van der Waals surface area contributed by atoms with Gasteiger partial charge in [-0.2, -0.15) is 4.98 Å². The number of hydrogen-bond donors (Lipinski definition) is 1. The molecule has 28 heavy (non-hydrogen) atoms. The van der Waals surface area contributed by atoms with E-state index in [2.05, 4.69) is 52.7 Å². The first-order chi connectivity index (χ1) is 13.4. The first kappa shape index (κ1) is 18.5. The van der Waals surface area contributed by atoms with E-state index in [0.717, 1.165) is 54.1 Å². The van der Waals surface area contributed by atoms with Gasteiger partial charge in [-0.1, -0.05) is 48.5 Å². The molecule has 5 rings (SSSR count). The summed E-state index contributed by atoms with van der Waals surface area (Å²) in [4.78, 5) is 11.9. The molecule has 1 aliphatic heterocycles. The molecule has 142 valence electrons. The molecule has 5 nitrogen and oxygen atoms in total.